The molecule has 0 radical (unpaired) electrons. The van der Waals surface area contributed by atoms with Crippen LogP contribution in [0.3, 0.4) is 0 Å². The first kappa shape index (κ1) is 17.0. The van der Waals surface area contributed by atoms with Crippen molar-refractivity contribution in [1.82, 2.24) is 4.90 Å². The topological polar surface area (TPSA) is 23.5 Å². The van der Waals surface area contributed by atoms with Crippen LogP contribution in [-0.4, -0.2) is 36.2 Å². The third-order valence-electron chi connectivity index (χ3n) is 3.63. The van der Waals surface area contributed by atoms with Crippen molar-refractivity contribution < 1.29 is 5.11 Å². The van der Waals surface area contributed by atoms with Gasteiger partial charge in [0.1, 0.15) is 0 Å². The van der Waals surface area contributed by atoms with E-state index in [-0.39, 0.29) is 5.92 Å². The summed E-state index contributed by atoms with van der Waals surface area (Å²) in [6.45, 7) is 5.63. The third kappa shape index (κ3) is 4.81. The van der Waals surface area contributed by atoms with Gasteiger partial charge in [-0.1, -0.05) is 0 Å². The van der Waals surface area contributed by atoms with Gasteiger partial charge in [-0.25, -0.2) is 0 Å². The van der Waals surface area contributed by atoms with E-state index >= 15 is 0 Å². The minimum atomic E-state index is -0.465. The Balaban J connectivity index is 2.18. The predicted octanol–water partition coefficient (Wildman–Crippen LogP) is 3.00. The molecule has 0 aliphatic rings. The van der Waals surface area contributed by atoms with Crippen molar-refractivity contribution in [2.75, 3.05) is 0 Å². The van der Waals surface area contributed by atoms with E-state index in [0.717, 1.165) is 17.6 Å². The zero-order chi connectivity index (χ0) is 15.9. The number of benzene rings is 2. The Hall–Kier alpha value is -1.41. The fourth-order valence-corrected chi connectivity index (χ4v) is 3.13. The normalized spacial score (nSPS) is 12.2. The summed E-state index contributed by atoms with van der Waals surface area (Å²) in [5, 5.41) is 10.4. The van der Waals surface area contributed by atoms with Gasteiger partial charge >= 0.3 is 141 Å². The molecule has 2 aromatic carbocycles. The van der Waals surface area contributed by atoms with Gasteiger partial charge in [0.25, 0.3) is 0 Å². The Bertz CT molecular complexity index is 541. The third-order valence-corrected chi connectivity index (χ3v) is 4.68. The van der Waals surface area contributed by atoms with E-state index < -0.39 is 6.10 Å². The van der Waals surface area contributed by atoms with E-state index in [0.29, 0.717) is 0 Å². The second kappa shape index (κ2) is 8.28. The van der Waals surface area contributed by atoms with Crippen molar-refractivity contribution in [2.45, 2.75) is 33.0 Å². The number of nitrogens with zero attached hydrogens (tertiary/aromatic N) is 1. The summed E-state index contributed by atoms with van der Waals surface area (Å²) >= 11 is 3.09. The maximum absolute atomic E-state index is 10.4. The van der Waals surface area contributed by atoms with Crippen LogP contribution in [0.2, 0.25) is 0 Å². The van der Waals surface area contributed by atoms with Crippen LogP contribution in [0.4, 0.5) is 0 Å². The molecule has 0 saturated carbocycles. The molecule has 2 nitrogen and oxygen atoms in total. The Morgan fingerprint density at radius 3 is 1.68 bits per heavy atom. The van der Waals surface area contributed by atoms with Gasteiger partial charge in [0, 0.05) is 0 Å². The van der Waals surface area contributed by atoms with Gasteiger partial charge in [0.2, 0.25) is 0 Å². The summed E-state index contributed by atoms with van der Waals surface area (Å²) < 4.78 is 0.905. The van der Waals surface area contributed by atoms with Crippen molar-refractivity contribution in [2.24, 2.45) is 5.92 Å². The van der Waals surface area contributed by atoms with Crippen LogP contribution in [0.25, 0.3) is 0 Å². The molecule has 0 bridgehead atoms. The molecule has 22 heavy (non-hydrogen) atoms. The standard InChI is InChI=1S/C19H23NOSe/c1-15(2)18(21)19(22)20(13-16-9-5-3-6-10-16)14-17-11-7-4-8-12-17/h3-12,15,18,21H,13-14H2,1-2H3. The molecule has 0 aliphatic carbocycles. The van der Waals surface area contributed by atoms with E-state index in [4.69, 9.17) is 0 Å². The van der Waals surface area contributed by atoms with Gasteiger partial charge < -0.3 is 0 Å². The molecule has 2 rings (SSSR count). The number of hydrogen-bond donors (Lipinski definition) is 1. The number of aliphatic hydroxyl groups is 1. The SMILES string of the molecule is CC(C)C(O)C(=[Se])N(Cc1ccccc1)Cc1ccccc1. The van der Waals surface area contributed by atoms with Gasteiger partial charge in [-0.15, -0.1) is 0 Å². The summed E-state index contributed by atoms with van der Waals surface area (Å²) in [6.07, 6.45) is -0.465. The molecular formula is C19H23NOSe. The predicted molar refractivity (Wildman–Crippen MR) is 93.7 cm³/mol. The van der Waals surface area contributed by atoms with Gasteiger partial charge in [0.15, 0.2) is 0 Å². The molecule has 1 unspecified atom stereocenters. The van der Waals surface area contributed by atoms with Crippen molar-refractivity contribution in [1.29, 1.82) is 0 Å². The molecule has 0 saturated heterocycles. The van der Waals surface area contributed by atoms with Crippen LogP contribution in [0.15, 0.2) is 60.7 Å². The molecule has 1 atom stereocenters. The summed E-state index contributed by atoms with van der Waals surface area (Å²) in [5.41, 5.74) is 2.48. The zero-order valence-electron chi connectivity index (χ0n) is 13.1. The van der Waals surface area contributed by atoms with Crippen LogP contribution < -0.4 is 0 Å². The van der Waals surface area contributed by atoms with Gasteiger partial charge in [-0.05, 0) is 0 Å². The summed E-state index contributed by atoms with van der Waals surface area (Å²) in [7, 11) is 0. The molecule has 0 fully saturated rings. The molecule has 0 spiro atoms. The van der Waals surface area contributed by atoms with Crippen LogP contribution >= 0.6 is 0 Å². The molecule has 0 aromatic heterocycles. The molecule has 0 heterocycles. The van der Waals surface area contributed by atoms with E-state index in [1.165, 1.54) is 11.1 Å². The Morgan fingerprint density at radius 1 is 0.909 bits per heavy atom. The Kier molecular flexibility index (Phi) is 6.38. The fourth-order valence-electron chi connectivity index (χ4n) is 2.29. The minimum absolute atomic E-state index is 0.185. The molecule has 0 amide bonds. The molecule has 2 aromatic rings. The molecular weight excluding hydrogens is 337 g/mol. The van der Waals surface area contributed by atoms with Gasteiger partial charge in [0.05, 0.1) is 0 Å². The zero-order valence-corrected chi connectivity index (χ0v) is 14.9. The average molecular weight is 360 g/mol. The maximum atomic E-state index is 10.4. The molecule has 3 heteroatoms. The van der Waals surface area contributed by atoms with E-state index in [1.807, 2.05) is 50.2 Å². The second-order valence-electron chi connectivity index (χ2n) is 5.85. The van der Waals surface area contributed by atoms with E-state index in [1.54, 1.807) is 0 Å². The van der Waals surface area contributed by atoms with Crippen molar-refractivity contribution in [3.05, 3.63) is 71.8 Å². The van der Waals surface area contributed by atoms with Crippen molar-refractivity contribution in [3.63, 3.8) is 0 Å². The van der Waals surface area contributed by atoms with Crippen molar-refractivity contribution in [3.8, 4) is 0 Å². The summed E-state index contributed by atoms with van der Waals surface area (Å²) in [6, 6.07) is 20.7. The van der Waals surface area contributed by atoms with Crippen LogP contribution in [0, 0.1) is 5.92 Å². The molecule has 1 N–H and O–H groups in total. The quantitative estimate of drug-likeness (QED) is 0.768. The Morgan fingerprint density at radius 2 is 1.32 bits per heavy atom. The van der Waals surface area contributed by atoms with E-state index in [2.05, 4.69) is 44.7 Å². The first-order valence-corrected chi connectivity index (χ1v) is 8.48. The number of hydrogen-bond acceptors (Lipinski definition) is 2. The van der Waals surface area contributed by atoms with E-state index in [9.17, 15) is 5.11 Å². The fraction of sp³-hybridized carbons (Fsp3) is 0.316. The second-order valence-corrected chi connectivity index (χ2v) is 6.73. The summed E-state index contributed by atoms with van der Waals surface area (Å²) in [4.78, 5) is 2.22. The monoisotopic (exact) mass is 361 g/mol. The van der Waals surface area contributed by atoms with Crippen LogP contribution in [0.1, 0.15) is 25.0 Å². The van der Waals surface area contributed by atoms with Crippen LogP contribution in [-0.2, 0) is 13.1 Å². The van der Waals surface area contributed by atoms with Gasteiger partial charge in [-0.3, -0.25) is 0 Å². The van der Waals surface area contributed by atoms with Gasteiger partial charge in [-0.2, -0.15) is 0 Å². The molecule has 0 aliphatic heterocycles. The molecule has 116 valence electrons. The first-order chi connectivity index (χ1) is 10.6. The number of rotatable bonds is 7. The Labute approximate surface area is 141 Å². The first-order valence-electron chi connectivity index (χ1n) is 7.62. The van der Waals surface area contributed by atoms with Crippen LogP contribution in [0.5, 0.6) is 0 Å². The number of aliphatic hydroxyl groups excluding tert-OH is 1. The average Bonchev–Trinajstić information content (AvgIpc) is 2.54. The summed E-state index contributed by atoms with van der Waals surface area (Å²) in [5.74, 6) is 0.185. The van der Waals surface area contributed by atoms with Crippen molar-refractivity contribution >= 4 is 20.1 Å².